The Balaban J connectivity index is 2.09. The second-order valence-electron chi connectivity index (χ2n) is 4.97. The van der Waals surface area contributed by atoms with E-state index in [1.807, 2.05) is 4.57 Å². The SMILES string of the molecule is CC(Cc1ccsc1)n1c(CCl)nc2cc(Cl)c(F)cc21. The summed E-state index contributed by atoms with van der Waals surface area (Å²) in [5, 5.41) is 4.25. The van der Waals surface area contributed by atoms with Gasteiger partial charge in [0.25, 0.3) is 0 Å². The highest BCUT2D eigenvalue weighted by Gasteiger charge is 2.17. The molecule has 2 nitrogen and oxygen atoms in total. The molecule has 1 atom stereocenters. The maximum absolute atomic E-state index is 13.8. The zero-order valence-corrected chi connectivity index (χ0v) is 13.6. The topological polar surface area (TPSA) is 17.8 Å². The second-order valence-corrected chi connectivity index (χ2v) is 6.43. The zero-order valence-electron chi connectivity index (χ0n) is 11.3. The molecule has 0 aliphatic rings. The molecule has 1 unspecified atom stereocenters. The molecular weight excluding hydrogens is 330 g/mol. The summed E-state index contributed by atoms with van der Waals surface area (Å²) in [5.41, 5.74) is 2.66. The Kier molecular flexibility index (Phi) is 4.20. The zero-order chi connectivity index (χ0) is 15.0. The third-order valence-electron chi connectivity index (χ3n) is 3.48. The van der Waals surface area contributed by atoms with E-state index >= 15 is 0 Å². The molecule has 0 aliphatic carbocycles. The Morgan fingerprint density at radius 3 is 2.90 bits per heavy atom. The summed E-state index contributed by atoms with van der Waals surface area (Å²) in [5.74, 6) is 0.576. The number of hydrogen-bond acceptors (Lipinski definition) is 2. The van der Waals surface area contributed by atoms with Crippen LogP contribution in [0.4, 0.5) is 4.39 Å². The van der Waals surface area contributed by atoms with Crippen molar-refractivity contribution >= 4 is 45.6 Å². The largest absolute Gasteiger partial charge is 0.324 e. The number of nitrogens with zero attached hydrogens (tertiary/aromatic N) is 2. The highest BCUT2D eigenvalue weighted by Crippen LogP contribution is 2.28. The molecule has 110 valence electrons. The predicted octanol–water partition coefficient (Wildman–Crippen LogP) is 5.43. The quantitative estimate of drug-likeness (QED) is 0.577. The van der Waals surface area contributed by atoms with Crippen molar-refractivity contribution in [3.05, 3.63) is 51.2 Å². The van der Waals surface area contributed by atoms with E-state index in [1.165, 1.54) is 11.6 Å². The molecule has 6 heteroatoms. The Morgan fingerprint density at radius 2 is 2.24 bits per heavy atom. The maximum Gasteiger partial charge on any atom is 0.144 e. The average molecular weight is 343 g/mol. The molecule has 0 saturated carbocycles. The normalized spacial score (nSPS) is 13.0. The van der Waals surface area contributed by atoms with Crippen molar-refractivity contribution in [2.75, 3.05) is 0 Å². The van der Waals surface area contributed by atoms with Gasteiger partial charge < -0.3 is 4.57 Å². The standard InChI is InChI=1S/C15H13Cl2FN2S/c1-9(4-10-2-3-21-8-10)20-14-6-12(18)11(17)5-13(14)19-15(20)7-16/h2-3,5-6,8-9H,4,7H2,1H3. The van der Waals surface area contributed by atoms with Gasteiger partial charge in [-0.15, -0.1) is 11.6 Å². The van der Waals surface area contributed by atoms with Gasteiger partial charge in [0.15, 0.2) is 0 Å². The van der Waals surface area contributed by atoms with Crippen LogP contribution in [0.15, 0.2) is 29.0 Å². The summed E-state index contributed by atoms with van der Waals surface area (Å²) >= 11 is 13.5. The van der Waals surface area contributed by atoms with Gasteiger partial charge in [-0.05, 0) is 41.8 Å². The minimum Gasteiger partial charge on any atom is -0.324 e. The molecule has 0 bridgehead atoms. The second kappa shape index (κ2) is 5.95. The van der Waals surface area contributed by atoms with E-state index in [0.717, 1.165) is 17.8 Å². The van der Waals surface area contributed by atoms with Gasteiger partial charge in [0, 0.05) is 12.1 Å². The molecule has 3 aromatic rings. The monoisotopic (exact) mass is 342 g/mol. The Bertz CT molecular complexity index is 768. The van der Waals surface area contributed by atoms with E-state index in [2.05, 4.69) is 28.7 Å². The molecule has 0 saturated heterocycles. The lowest BCUT2D eigenvalue weighted by Gasteiger charge is -2.16. The van der Waals surface area contributed by atoms with Crippen LogP contribution < -0.4 is 0 Å². The number of aromatic nitrogens is 2. The number of alkyl halides is 1. The summed E-state index contributed by atoms with van der Waals surface area (Å²) in [4.78, 5) is 4.47. The van der Waals surface area contributed by atoms with Gasteiger partial charge in [0.1, 0.15) is 11.6 Å². The number of halogens is 3. The first-order valence-corrected chi connectivity index (χ1v) is 8.38. The molecule has 1 aromatic carbocycles. The van der Waals surface area contributed by atoms with E-state index < -0.39 is 5.82 Å². The van der Waals surface area contributed by atoms with Crippen molar-refractivity contribution < 1.29 is 4.39 Å². The summed E-state index contributed by atoms with van der Waals surface area (Å²) < 4.78 is 15.8. The van der Waals surface area contributed by atoms with Crippen molar-refractivity contribution in [1.82, 2.24) is 9.55 Å². The molecule has 21 heavy (non-hydrogen) atoms. The Hall–Kier alpha value is -1.10. The minimum atomic E-state index is -0.436. The molecule has 0 fully saturated rings. The van der Waals surface area contributed by atoms with Crippen molar-refractivity contribution in [3.63, 3.8) is 0 Å². The summed E-state index contributed by atoms with van der Waals surface area (Å²) in [6.45, 7) is 2.08. The van der Waals surface area contributed by atoms with E-state index in [9.17, 15) is 4.39 Å². The van der Waals surface area contributed by atoms with Gasteiger partial charge in [-0.1, -0.05) is 11.6 Å². The molecular formula is C15H13Cl2FN2S. The first-order valence-electron chi connectivity index (χ1n) is 6.53. The lowest BCUT2D eigenvalue weighted by Crippen LogP contribution is -2.11. The molecule has 2 heterocycles. The third kappa shape index (κ3) is 2.80. The molecule has 0 amide bonds. The summed E-state index contributed by atoms with van der Waals surface area (Å²) in [6.07, 6.45) is 0.850. The third-order valence-corrected chi connectivity index (χ3v) is 4.74. The molecule has 0 spiro atoms. The predicted molar refractivity (Wildman–Crippen MR) is 87.0 cm³/mol. The van der Waals surface area contributed by atoms with Crippen LogP contribution in [0.2, 0.25) is 5.02 Å². The summed E-state index contributed by atoms with van der Waals surface area (Å²) in [6, 6.07) is 5.22. The van der Waals surface area contributed by atoms with Crippen LogP contribution in [0.25, 0.3) is 11.0 Å². The van der Waals surface area contributed by atoms with Gasteiger partial charge in [-0.3, -0.25) is 0 Å². The van der Waals surface area contributed by atoms with E-state index in [1.54, 1.807) is 17.4 Å². The van der Waals surface area contributed by atoms with E-state index in [0.29, 0.717) is 5.52 Å². The van der Waals surface area contributed by atoms with Crippen molar-refractivity contribution in [2.45, 2.75) is 25.3 Å². The van der Waals surface area contributed by atoms with Gasteiger partial charge in [-0.2, -0.15) is 11.3 Å². The maximum atomic E-state index is 13.8. The highest BCUT2D eigenvalue weighted by atomic mass is 35.5. The molecule has 0 aliphatic heterocycles. The fourth-order valence-corrected chi connectivity index (χ4v) is 3.60. The summed E-state index contributed by atoms with van der Waals surface area (Å²) in [7, 11) is 0. The number of thiophene rings is 1. The highest BCUT2D eigenvalue weighted by molar-refractivity contribution is 7.07. The number of benzene rings is 1. The molecule has 2 aromatic heterocycles. The van der Waals surface area contributed by atoms with Crippen molar-refractivity contribution in [2.24, 2.45) is 0 Å². The minimum absolute atomic E-state index is 0.0822. The van der Waals surface area contributed by atoms with Gasteiger partial charge in [0.05, 0.1) is 21.9 Å². The van der Waals surface area contributed by atoms with Crippen LogP contribution in [0.3, 0.4) is 0 Å². The van der Waals surface area contributed by atoms with Crippen LogP contribution in [0.5, 0.6) is 0 Å². The van der Waals surface area contributed by atoms with Crippen LogP contribution in [-0.4, -0.2) is 9.55 Å². The molecule has 0 radical (unpaired) electrons. The first kappa shape index (κ1) is 14.8. The number of rotatable bonds is 4. The lowest BCUT2D eigenvalue weighted by atomic mass is 10.1. The van der Waals surface area contributed by atoms with Crippen LogP contribution in [0.1, 0.15) is 24.4 Å². The number of imidazole rings is 1. The van der Waals surface area contributed by atoms with Crippen LogP contribution >= 0.6 is 34.5 Å². The lowest BCUT2D eigenvalue weighted by molar-refractivity contribution is 0.542. The number of fused-ring (bicyclic) bond motifs is 1. The Labute approximate surface area is 136 Å². The average Bonchev–Trinajstić information content (AvgIpc) is 3.06. The van der Waals surface area contributed by atoms with Gasteiger partial charge in [-0.25, -0.2) is 9.37 Å². The van der Waals surface area contributed by atoms with E-state index in [-0.39, 0.29) is 16.9 Å². The fraction of sp³-hybridized carbons (Fsp3) is 0.267. The van der Waals surface area contributed by atoms with Crippen LogP contribution in [0, 0.1) is 5.82 Å². The van der Waals surface area contributed by atoms with Gasteiger partial charge >= 0.3 is 0 Å². The van der Waals surface area contributed by atoms with E-state index in [4.69, 9.17) is 23.2 Å². The van der Waals surface area contributed by atoms with Crippen LogP contribution in [-0.2, 0) is 12.3 Å². The molecule has 0 N–H and O–H groups in total. The molecule has 3 rings (SSSR count). The smallest absolute Gasteiger partial charge is 0.144 e. The fourth-order valence-electron chi connectivity index (χ4n) is 2.57. The number of hydrogen-bond donors (Lipinski definition) is 0. The Morgan fingerprint density at radius 1 is 1.43 bits per heavy atom. The first-order chi connectivity index (χ1) is 10.1. The van der Waals surface area contributed by atoms with Crippen molar-refractivity contribution in [3.8, 4) is 0 Å². The van der Waals surface area contributed by atoms with Crippen molar-refractivity contribution in [1.29, 1.82) is 0 Å². The van der Waals surface area contributed by atoms with Gasteiger partial charge in [0.2, 0.25) is 0 Å².